The van der Waals surface area contributed by atoms with Crippen molar-refractivity contribution in [3.8, 4) is 11.3 Å². The van der Waals surface area contributed by atoms with Crippen LogP contribution in [0.3, 0.4) is 0 Å². The standard InChI is InChI=1S/C34H34N2O6S/c1-6-8-26-29(33(39)41-7-2)30(23-13-9-21(10-14-23)20(3)4)36-31(37)28(43-34(36)35-26)19-25-17-18-27(42-25)22-11-15-24(16-12-22)32(38)40-5/h9-20,30H,6-8H2,1-5H3/b28-19-/t30-/m0/s1. The molecule has 4 aromatic rings. The molecule has 0 N–H and O–H groups in total. The molecule has 1 atom stereocenters. The zero-order chi connectivity index (χ0) is 30.7. The molecule has 222 valence electrons. The lowest BCUT2D eigenvalue weighted by molar-refractivity contribution is -0.139. The molecular weight excluding hydrogens is 564 g/mol. The van der Waals surface area contributed by atoms with E-state index in [1.165, 1.54) is 24.0 Å². The van der Waals surface area contributed by atoms with Crippen LogP contribution in [0.2, 0.25) is 0 Å². The first-order valence-corrected chi connectivity index (χ1v) is 15.2. The van der Waals surface area contributed by atoms with E-state index < -0.39 is 18.0 Å². The van der Waals surface area contributed by atoms with Crippen molar-refractivity contribution in [1.29, 1.82) is 0 Å². The lowest BCUT2D eigenvalue weighted by Crippen LogP contribution is -2.40. The second-order valence-electron chi connectivity index (χ2n) is 10.5. The summed E-state index contributed by atoms with van der Waals surface area (Å²) in [6.07, 6.45) is 3.06. The number of rotatable bonds is 9. The molecule has 8 nitrogen and oxygen atoms in total. The van der Waals surface area contributed by atoms with E-state index in [4.69, 9.17) is 18.9 Å². The van der Waals surface area contributed by atoms with E-state index in [-0.39, 0.29) is 12.2 Å². The van der Waals surface area contributed by atoms with E-state index in [2.05, 4.69) is 13.8 Å². The molecule has 0 radical (unpaired) electrons. The number of ether oxygens (including phenoxy) is 2. The van der Waals surface area contributed by atoms with Crippen LogP contribution in [-0.2, 0) is 14.3 Å². The fourth-order valence-corrected chi connectivity index (χ4v) is 6.10. The Hall–Kier alpha value is -4.50. The van der Waals surface area contributed by atoms with Crippen molar-refractivity contribution in [1.82, 2.24) is 4.57 Å². The Morgan fingerprint density at radius 2 is 1.74 bits per heavy atom. The molecular formula is C34H34N2O6S. The number of allylic oxidation sites excluding steroid dienone is 1. The number of fused-ring (bicyclic) bond motifs is 1. The van der Waals surface area contributed by atoms with Crippen LogP contribution in [0.25, 0.3) is 17.4 Å². The van der Waals surface area contributed by atoms with E-state index in [0.717, 1.165) is 17.5 Å². The van der Waals surface area contributed by atoms with Gasteiger partial charge < -0.3 is 13.9 Å². The molecule has 0 bridgehead atoms. The van der Waals surface area contributed by atoms with Crippen LogP contribution in [0.15, 0.2) is 86.1 Å². The maximum absolute atomic E-state index is 14.0. The van der Waals surface area contributed by atoms with Crippen molar-refractivity contribution >= 4 is 29.4 Å². The molecule has 0 saturated carbocycles. The molecule has 2 aromatic heterocycles. The summed E-state index contributed by atoms with van der Waals surface area (Å²) in [5, 5.41) is 0. The summed E-state index contributed by atoms with van der Waals surface area (Å²) in [5.41, 5.74) is 3.98. The Morgan fingerprint density at radius 1 is 1.02 bits per heavy atom. The average Bonchev–Trinajstić information content (AvgIpc) is 3.60. The van der Waals surface area contributed by atoms with Gasteiger partial charge in [-0.1, -0.05) is 74.9 Å². The van der Waals surface area contributed by atoms with Gasteiger partial charge in [-0.05, 0) is 54.7 Å². The highest BCUT2D eigenvalue weighted by Gasteiger charge is 2.34. The van der Waals surface area contributed by atoms with Gasteiger partial charge >= 0.3 is 11.9 Å². The van der Waals surface area contributed by atoms with Gasteiger partial charge in [0, 0.05) is 11.6 Å². The van der Waals surface area contributed by atoms with Gasteiger partial charge in [-0.3, -0.25) is 9.36 Å². The summed E-state index contributed by atoms with van der Waals surface area (Å²) in [4.78, 5) is 44.5. The Kier molecular flexibility index (Phi) is 8.92. The number of hydrogen-bond donors (Lipinski definition) is 0. The number of benzene rings is 2. The fourth-order valence-electron chi connectivity index (χ4n) is 5.10. The lowest BCUT2D eigenvalue weighted by atomic mass is 9.92. The first-order valence-electron chi connectivity index (χ1n) is 14.4. The van der Waals surface area contributed by atoms with Crippen LogP contribution in [0.4, 0.5) is 0 Å². The topological polar surface area (TPSA) is 100 Å². The maximum atomic E-state index is 14.0. The van der Waals surface area contributed by atoms with Crippen molar-refractivity contribution in [3.05, 3.63) is 114 Å². The summed E-state index contributed by atoms with van der Waals surface area (Å²) in [6.45, 7) is 8.27. The number of methoxy groups -OCH3 is 1. The Balaban J connectivity index is 1.61. The summed E-state index contributed by atoms with van der Waals surface area (Å²) in [6, 6.07) is 17.9. The highest BCUT2D eigenvalue weighted by atomic mass is 32.1. The van der Waals surface area contributed by atoms with Crippen LogP contribution in [-0.4, -0.2) is 30.2 Å². The van der Waals surface area contributed by atoms with Gasteiger partial charge in [0.15, 0.2) is 4.80 Å². The summed E-state index contributed by atoms with van der Waals surface area (Å²) >= 11 is 1.26. The lowest BCUT2D eigenvalue weighted by Gasteiger charge is -2.26. The van der Waals surface area contributed by atoms with Crippen molar-refractivity contribution in [2.24, 2.45) is 4.99 Å². The summed E-state index contributed by atoms with van der Waals surface area (Å²) in [5.74, 6) is 0.554. The van der Waals surface area contributed by atoms with Gasteiger partial charge in [0.2, 0.25) is 0 Å². The van der Waals surface area contributed by atoms with Crippen LogP contribution < -0.4 is 14.9 Å². The number of aromatic nitrogens is 1. The van der Waals surface area contributed by atoms with Gasteiger partial charge in [0.1, 0.15) is 11.5 Å². The molecule has 3 heterocycles. The van der Waals surface area contributed by atoms with Gasteiger partial charge in [0.05, 0.1) is 41.1 Å². The number of esters is 2. The third-order valence-corrected chi connectivity index (χ3v) is 8.28. The van der Waals surface area contributed by atoms with Gasteiger partial charge in [-0.15, -0.1) is 0 Å². The van der Waals surface area contributed by atoms with E-state index >= 15 is 0 Å². The Bertz CT molecular complexity index is 1860. The Labute approximate surface area is 253 Å². The van der Waals surface area contributed by atoms with Gasteiger partial charge in [0.25, 0.3) is 5.56 Å². The van der Waals surface area contributed by atoms with Crippen LogP contribution in [0, 0.1) is 0 Å². The molecule has 0 unspecified atom stereocenters. The normalized spacial score (nSPS) is 14.9. The molecule has 2 aromatic carbocycles. The number of furan rings is 1. The van der Waals surface area contributed by atoms with Crippen molar-refractivity contribution < 1.29 is 23.5 Å². The molecule has 0 saturated heterocycles. The summed E-state index contributed by atoms with van der Waals surface area (Å²) in [7, 11) is 1.34. The predicted molar refractivity (Wildman–Crippen MR) is 166 cm³/mol. The second-order valence-corrected chi connectivity index (χ2v) is 11.5. The van der Waals surface area contributed by atoms with Crippen LogP contribution in [0.1, 0.15) is 79.7 Å². The van der Waals surface area contributed by atoms with E-state index in [1.54, 1.807) is 47.9 Å². The minimum Gasteiger partial charge on any atom is -0.465 e. The fraction of sp³-hybridized carbons (Fsp3) is 0.294. The van der Waals surface area contributed by atoms with Crippen molar-refractivity contribution in [3.63, 3.8) is 0 Å². The minimum absolute atomic E-state index is 0.220. The first kappa shape index (κ1) is 30.0. The third-order valence-electron chi connectivity index (χ3n) is 7.30. The third kappa shape index (κ3) is 6.03. The number of carbonyl (C=O) groups is 2. The number of thiazole rings is 1. The molecule has 0 aliphatic carbocycles. The average molecular weight is 599 g/mol. The SMILES string of the molecule is CCCC1=C(C(=O)OCC)[C@H](c2ccc(C(C)C)cc2)n2c(s/c(=C\c3ccc(-c4ccc(C(=O)OC)cc4)o3)c2=O)=N1. The van der Waals surface area contributed by atoms with Crippen LogP contribution in [0.5, 0.6) is 0 Å². The zero-order valence-electron chi connectivity index (χ0n) is 24.9. The van der Waals surface area contributed by atoms with E-state index in [1.807, 2.05) is 37.3 Å². The number of hydrogen-bond acceptors (Lipinski definition) is 8. The minimum atomic E-state index is -0.666. The summed E-state index contributed by atoms with van der Waals surface area (Å²) < 4.78 is 18.3. The largest absolute Gasteiger partial charge is 0.465 e. The maximum Gasteiger partial charge on any atom is 0.338 e. The molecule has 0 spiro atoms. The van der Waals surface area contributed by atoms with Gasteiger partial charge in [-0.25, -0.2) is 14.6 Å². The number of carbonyl (C=O) groups excluding carboxylic acids is 2. The van der Waals surface area contributed by atoms with E-state index in [0.29, 0.717) is 50.0 Å². The molecule has 9 heteroatoms. The second kappa shape index (κ2) is 12.8. The molecule has 0 amide bonds. The highest BCUT2D eigenvalue weighted by Crippen LogP contribution is 2.33. The quantitative estimate of drug-likeness (QED) is 0.228. The van der Waals surface area contributed by atoms with Crippen molar-refractivity contribution in [2.45, 2.75) is 52.5 Å². The van der Waals surface area contributed by atoms with Gasteiger partial charge in [-0.2, -0.15) is 0 Å². The Morgan fingerprint density at radius 3 is 2.37 bits per heavy atom. The highest BCUT2D eigenvalue weighted by molar-refractivity contribution is 7.07. The predicted octanol–water partition coefficient (Wildman–Crippen LogP) is 5.75. The first-order chi connectivity index (χ1) is 20.7. The van der Waals surface area contributed by atoms with Crippen molar-refractivity contribution in [2.75, 3.05) is 13.7 Å². The van der Waals surface area contributed by atoms with Crippen LogP contribution >= 0.6 is 11.3 Å². The molecule has 5 rings (SSSR count). The number of nitrogens with zero attached hydrogens (tertiary/aromatic N) is 2. The van der Waals surface area contributed by atoms with E-state index in [9.17, 15) is 14.4 Å². The monoisotopic (exact) mass is 598 g/mol. The molecule has 43 heavy (non-hydrogen) atoms. The molecule has 1 aliphatic heterocycles. The zero-order valence-corrected chi connectivity index (χ0v) is 25.7. The molecule has 1 aliphatic rings. The smallest absolute Gasteiger partial charge is 0.338 e. The molecule has 0 fully saturated rings.